The summed E-state index contributed by atoms with van der Waals surface area (Å²) in [6, 6.07) is 12.1. The van der Waals surface area contributed by atoms with Crippen LogP contribution in [0.1, 0.15) is 11.1 Å². The van der Waals surface area contributed by atoms with Crippen LogP contribution >= 0.6 is 0 Å². The van der Waals surface area contributed by atoms with Crippen molar-refractivity contribution in [3.63, 3.8) is 0 Å². The van der Waals surface area contributed by atoms with Crippen LogP contribution in [0.25, 0.3) is 10.8 Å². The van der Waals surface area contributed by atoms with Crippen LogP contribution in [0.2, 0.25) is 0 Å². The second-order valence-corrected chi connectivity index (χ2v) is 4.93. The zero-order valence-corrected chi connectivity index (χ0v) is 13.0. The average molecular weight is 305 g/mol. The fourth-order valence-electron chi connectivity index (χ4n) is 2.23. The summed E-state index contributed by atoms with van der Waals surface area (Å²) in [6.45, 7) is 5.58. The number of nitrogens with two attached hydrogens (primary N) is 1. The van der Waals surface area contributed by atoms with Crippen LogP contribution in [0.15, 0.2) is 78.1 Å². The summed E-state index contributed by atoms with van der Waals surface area (Å²) < 4.78 is 0. The molecule has 2 aromatic rings. The maximum atomic E-state index is 12.0. The molecule has 0 aromatic heterocycles. The van der Waals surface area contributed by atoms with Crippen molar-refractivity contribution < 1.29 is 4.79 Å². The average Bonchev–Trinajstić information content (AvgIpc) is 2.56. The highest BCUT2D eigenvalue weighted by molar-refractivity contribution is 6.02. The first-order chi connectivity index (χ1) is 11.2. The van der Waals surface area contributed by atoms with Gasteiger partial charge < -0.3 is 5.73 Å². The Balaban J connectivity index is 2.24. The number of nitrogens with zero attached hydrogens (tertiary/aromatic N) is 1. The first-order valence-corrected chi connectivity index (χ1v) is 7.20. The minimum atomic E-state index is -0.347. The quantitative estimate of drug-likeness (QED) is 0.385. The summed E-state index contributed by atoms with van der Waals surface area (Å²) in [7, 11) is 0. The molecule has 116 valence electrons. The summed E-state index contributed by atoms with van der Waals surface area (Å²) in [4.78, 5) is 12.0. The molecule has 0 bridgehead atoms. The van der Waals surface area contributed by atoms with Gasteiger partial charge in [0.1, 0.15) is 0 Å². The molecule has 0 aliphatic heterocycles. The van der Waals surface area contributed by atoms with E-state index in [1.165, 1.54) is 18.4 Å². The maximum Gasteiger partial charge on any atom is 0.271 e. The van der Waals surface area contributed by atoms with E-state index in [1.54, 1.807) is 12.3 Å². The molecule has 2 aromatic carbocycles. The number of hydrogen-bond acceptors (Lipinski definition) is 3. The molecule has 0 saturated heterocycles. The molecule has 0 fully saturated rings. The number of carbonyl (C=O) groups is 1. The topological polar surface area (TPSA) is 67.5 Å². The van der Waals surface area contributed by atoms with Crippen molar-refractivity contribution in [2.45, 2.75) is 6.92 Å². The third-order valence-corrected chi connectivity index (χ3v) is 3.38. The molecule has 2 rings (SSSR count). The van der Waals surface area contributed by atoms with Gasteiger partial charge >= 0.3 is 0 Å². The minimum Gasteiger partial charge on any atom is -0.405 e. The zero-order valence-electron chi connectivity index (χ0n) is 13.0. The Labute approximate surface area is 135 Å². The van der Waals surface area contributed by atoms with Crippen LogP contribution in [0.3, 0.4) is 0 Å². The van der Waals surface area contributed by atoms with E-state index < -0.39 is 0 Å². The van der Waals surface area contributed by atoms with Crippen molar-refractivity contribution in [3.8, 4) is 0 Å². The molecular formula is C19H19N3O. The fraction of sp³-hybridized carbons (Fsp3) is 0.0526. The summed E-state index contributed by atoms with van der Waals surface area (Å²) >= 11 is 0. The van der Waals surface area contributed by atoms with Gasteiger partial charge in [-0.2, -0.15) is 5.10 Å². The van der Waals surface area contributed by atoms with E-state index >= 15 is 0 Å². The number of benzene rings is 2. The van der Waals surface area contributed by atoms with Crippen LogP contribution in [0.4, 0.5) is 0 Å². The van der Waals surface area contributed by atoms with Crippen LogP contribution in [-0.4, -0.2) is 12.1 Å². The number of aryl methyl sites for hydroxylation is 1. The number of rotatable bonds is 5. The molecule has 0 saturated carbocycles. The van der Waals surface area contributed by atoms with E-state index in [9.17, 15) is 4.79 Å². The number of fused-ring (bicyclic) bond motifs is 1. The van der Waals surface area contributed by atoms with Crippen molar-refractivity contribution >= 4 is 22.9 Å². The number of amides is 1. The molecule has 3 N–H and O–H groups in total. The summed E-state index contributed by atoms with van der Waals surface area (Å²) in [5.74, 6) is -0.347. The summed E-state index contributed by atoms with van der Waals surface area (Å²) in [5.41, 5.74) is 10.3. The molecule has 23 heavy (non-hydrogen) atoms. The van der Waals surface area contributed by atoms with E-state index in [4.69, 9.17) is 5.73 Å². The Kier molecular flexibility index (Phi) is 5.47. The lowest BCUT2D eigenvalue weighted by atomic mass is 10.0. The van der Waals surface area contributed by atoms with Crippen molar-refractivity contribution in [2.24, 2.45) is 10.8 Å². The first-order valence-electron chi connectivity index (χ1n) is 7.20. The molecule has 0 radical (unpaired) electrons. The lowest BCUT2D eigenvalue weighted by Gasteiger charge is -2.06. The van der Waals surface area contributed by atoms with Crippen LogP contribution in [0, 0.1) is 6.92 Å². The van der Waals surface area contributed by atoms with Gasteiger partial charge in [-0.15, -0.1) is 0 Å². The Morgan fingerprint density at radius 3 is 2.78 bits per heavy atom. The molecule has 0 atom stereocenters. The van der Waals surface area contributed by atoms with Crippen molar-refractivity contribution in [2.75, 3.05) is 0 Å². The highest BCUT2D eigenvalue weighted by atomic mass is 16.2. The monoisotopic (exact) mass is 305 g/mol. The molecule has 0 unspecified atom stereocenters. The third-order valence-electron chi connectivity index (χ3n) is 3.38. The normalized spacial score (nSPS) is 12.1. The lowest BCUT2D eigenvalue weighted by molar-refractivity contribution is -0.117. The molecule has 0 heterocycles. The SMILES string of the molecule is C=C/C=C(\C=C/N)C(=O)N/N=C/c1c(C)ccc2ccccc12. The lowest BCUT2D eigenvalue weighted by Crippen LogP contribution is -2.19. The number of hydrogen-bond donors (Lipinski definition) is 2. The standard InChI is InChI=1S/C19H19N3O/c1-3-6-16(11-12-20)19(23)22-21-13-18-14(2)9-10-15-7-4-5-8-17(15)18/h3-13H,1,20H2,2H3,(H,22,23)/b12-11-,16-6+,21-13+. The van der Waals surface area contributed by atoms with Gasteiger partial charge in [-0.05, 0) is 41.6 Å². The van der Waals surface area contributed by atoms with Crippen molar-refractivity contribution in [1.29, 1.82) is 0 Å². The second-order valence-electron chi connectivity index (χ2n) is 4.93. The van der Waals surface area contributed by atoms with Gasteiger partial charge in [0.25, 0.3) is 5.91 Å². The van der Waals surface area contributed by atoms with Gasteiger partial charge in [-0.25, -0.2) is 5.43 Å². The number of carbonyl (C=O) groups excluding carboxylic acids is 1. The third kappa shape index (κ3) is 3.95. The van der Waals surface area contributed by atoms with E-state index in [0.29, 0.717) is 5.57 Å². The smallest absolute Gasteiger partial charge is 0.271 e. The van der Waals surface area contributed by atoms with Crippen molar-refractivity contribution in [3.05, 3.63) is 84.1 Å². The van der Waals surface area contributed by atoms with Gasteiger partial charge in [0.15, 0.2) is 0 Å². The van der Waals surface area contributed by atoms with E-state index in [2.05, 4.69) is 23.2 Å². The summed E-state index contributed by atoms with van der Waals surface area (Å²) in [6.07, 6.45) is 7.54. The first kappa shape index (κ1) is 16.2. The molecule has 4 nitrogen and oxygen atoms in total. The fourth-order valence-corrected chi connectivity index (χ4v) is 2.23. The molecule has 0 aliphatic rings. The number of nitrogens with one attached hydrogen (secondary N) is 1. The predicted molar refractivity (Wildman–Crippen MR) is 96.0 cm³/mol. The Hall–Kier alpha value is -3.14. The van der Waals surface area contributed by atoms with E-state index in [0.717, 1.165) is 21.9 Å². The molecule has 0 spiro atoms. The van der Waals surface area contributed by atoms with Gasteiger partial charge in [-0.3, -0.25) is 4.79 Å². The van der Waals surface area contributed by atoms with E-state index in [-0.39, 0.29) is 5.91 Å². The highest BCUT2D eigenvalue weighted by Gasteiger charge is 2.05. The Morgan fingerprint density at radius 2 is 2.04 bits per heavy atom. The highest BCUT2D eigenvalue weighted by Crippen LogP contribution is 2.20. The second kappa shape index (κ2) is 7.75. The summed E-state index contributed by atoms with van der Waals surface area (Å²) in [5, 5.41) is 6.28. The van der Waals surface area contributed by atoms with E-state index in [1.807, 2.05) is 37.3 Å². The maximum absolute atomic E-state index is 12.0. The number of allylic oxidation sites excluding steroid dienone is 2. The van der Waals surface area contributed by atoms with Crippen molar-refractivity contribution in [1.82, 2.24) is 5.43 Å². The van der Waals surface area contributed by atoms with Gasteiger partial charge in [-0.1, -0.05) is 49.1 Å². The Bertz CT molecular complexity index is 816. The Morgan fingerprint density at radius 1 is 1.26 bits per heavy atom. The van der Waals surface area contributed by atoms with Gasteiger partial charge in [0, 0.05) is 11.1 Å². The number of hydrazone groups is 1. The molecule has 0 aliphatic carbocycles. The molecular weight excluding hydrogens is 286 g/mol. The van der Waals surface area contributed by atoms with Crippen LogP contribution < -0.4 is 11.2 Å². The largest absolute Gasteiger partial charge is 0.405 e. The minimum absolute atomic E-state index is 0.347. The van der Waals surface area contributed by atoms with Gasteiger partial charge in [0.05, 0.1) is 6.21 Å². The molecule has 4 heteroatoms. The van der Waals surface area contributed by atoms with Crippen LogP contribution in [0.5, 0.6) is 0 Å². The van der Waals surface area contributed by atoms with Gasteiger partial charge in [0.2, 0.25) is 0 Å². The van der Waals surface area contributed by atoms with Crippen LogP contribution in [-0.2, 0) is 4.79 Å². The predicted octanol–water partition coefficient (Wildman–Crippen LogP) is 3.18. The zero-order chi connectivity index (χ0) is 16.7. The molecule has 1 amide bonds.